The van der Waals surface area contributed by atoms with Crippen molar-refractivity contribution in [2.24, 2.45) is 5.92 Å². The van der Waals surface area contributed by atoms with Gasteiger partial charge in [-0.05, 0) is 44.2 Å². The van der Waals surface area contributed by atoms with Crippen LogP contribution in [0.5, 0.6) is 5.75 Å². The molecule has 0 radical (unpaired) electrons. The molecule has 31 heavy (non-hydrogen) atoms. The second-order valence-corrected chi connectivity index (χ2v) is 8.51. The van der Waals surface area contributed by atoms with Crippen molar-refractivity contribution in [2.75, 3.05) is 13.7 Å². The van der Waals surface area contributed by atoms with E-state index in [0.29, 0.717) is 6.54 Å². The number of amides is 1. The molecule has 1 aliphatic carbocycles. The molecule has 1 saturated heterocycles. The molecule has 2 aliphatic rings. The van der Waals surface area contributed by atoms with E-state index in [4.69, 9.17) is 9.47 Å². The van der Waals surface area contributed by atoms with E-state index in [2.05, 4.69) is 15.6 Å². The highest BCUT2D eigenvalue weighted by atomic mass is 16.5. The summed E-state index contributed by atoms with van der Waals surface area (Å²) in [7, 11) is 1.64. The van der Waals surface area contributed by atoms with Gasteiger partial charge >= 0.3 is 0 Å². The van der Waals surface area contributed by atoms with Crippen molar-refractivity contribution in [1.82, 2.24) is 20.3 Å². The van der Waals surface area contributed by atoms with Crippen LogP contribution in [0.1, 0.15) is 44.9 Å². The number of hydrogen-bond acceptors (Lipinski definition) is 6. The number of aryl methyl sites for hydroxylation is 1. The third-order valence-electron chi connectivity index (χ3n) is 6.45. The average molecular weight is 429 g/mol. The van der Waals surface area contributed by atoms with Gasteiger partial charge in [0, 0.05) is 18.0 Å². The van der Waals surface area contributed by atoms with Crippen LogP contribution in [-0.2, 0) is 16.1 Å². The highest BCUT2D eigenvalue weighted by molar-refractivity contribution is 5.79. The number of para-hydroxylation sites is 1. The summed E-state index contributed by atoms with van der Waals surface area (Å²) in [6.45, 7) is 0.581. The molecule has 168 valence electrons. The van der Waals surface area contributed by atoms with E-state index >= 15 is 0 Å². The van der Waals surface area contributed by atoms with Crippen LogP contribution in [0.15, 0.2) is 30.5 Å². The summed E-state index contributed by atoms with van der Waals surface area (Å²) >= 11 is 0. The Balaban J connectivity index is 1.29. The van der Waals surface area contributed by atoms with Crippen LogP contribution in [0.2, 0.25) is 0 Å². The van der Waals surface area contributed by atoms with Gasteiger partial charge in [-0.1, -0.05) is 30.2 Å². The average Bonchev–Trinajstić information content (AvgIpc) is 3.51. The number of aliphatic hydroxyl groups is 1. The van der Waals surface area contributed by atoms with Gasteiger partial charge in [-0.3, -0.25) is 9.48 Å². The smallest absolute Gasteiger partial charge is 0.223 e. The van der Waals surface area contributed by atoms with Crippen LogP contribution < -0.4 is 10.1 Å². The summed E-state index contributed by atoms with van der Waals surface area (Å²) in [6, 6.07) is 7.63. The highest BCUT2D eigenvalue weighted by Crippen LogP contribution is 2.29. The standard InChI is InChI=1S/C23H32N4O4/c1-30-21-9-5-4-8-18(21)20-14-27(26-25-20)13-12-17-10-11-19(22(15-28)31-17)24-23(29)16-6-2-3-7-16/h4-5,8-9,14,16-17,19,22,28H,2-3,6-7,10-13,15H2,1H3,(H,24,29)/t17-,19+,22+/m1/s1. The molecule has 2 N–H and O–H groups in total. The molecule has 0 unspecified atom stereocenters. The molecular formula is C23H32N4O4. The van der Waals surface area contributed by atoms with Gasteiger partial charge in [0.2, 0.25) is 5.91 Å². The van der Waals surface area contributed by atoms with Crippen molar-refractivity contribution in [3.05, 3.63) is 30.5 Å². The van der Waals surface area contributed by atoms with E-state index in [-0.39, 0.29) is 36.7 Å². The largest absolute Gasteiger partial charge is 0.496 e. The minimum atomic E-state index is -0.357. The van der Waals surface area contributed by atoms with Crippen LogP contribution in [0.25, 0.3) is 11.3 Å². The zero-order chi connectivity index (χ0) is 21.6. The highest BCUT2D eigenvalue weighted by Gasteiger charge is 2.33. The quantitative estimate of drug-likeness (QED) is 0.671. The fraction of sp³-hybridized carbons (Fsp3) is 0.609. The molecule has 0 spiro atoms. The van der Waals surface area contributed by atoms with Gasteiger partial charge in [-0.25, -0.2) is 0 Å². The molecule has 1 aromatic heterocycles. The number of aromatic nitrogens is 3. The molecule has 2 aromatic rings. The lowest BCUT2D eigenvalue weighted by Gasteiger charge is -2.36. The molecule has 0 bridgehead atoms. The van der Waals surface area contributed by atoms with Gasteiger partial charge in [0.1, 0.15) is 17.5 Å². The van der Waals surface area contributed by atoms with Crippen LogP contribution in [-0.4, -0.2) is 58.0 Å². The van der Waals surface area contributed by atoms with E-state index in [9.17, 15) is 9.90 Å². The summed E-state index contributed by atoms with van der Waals surface area (Å²) in [6.07, 6.45) is 8.22. The summed E-state index contributed by atoms with van der Waals surface area (Å²) in [5.74, 6) is 1.01. The maximum atomic E-state index is 12.5. The van der Waals surface area contributed by atoms with Crippen molar-refractivity contribution in [3.63, 3.8) is 0 Å². The van der Waals surface area contributed by atoms with Gasteiger partial charge < -0.3 is 19.9 Å². The number of carbonyl (C=O) groups excluding carboxylic acids is 1. The fourth-order valence-corrected chi connectivity index (χ4v) is 4.66. The third kappa shape index (κ3) is 5.25. The number of methoxy groups -OCH3 is 1. The van der Waals surface area contributed by atoms with Gasteiger partial charge in [0.15, 0.2) is 0 Å². The third-order valence-corrected chi connectivity index (χ3v) is 6.45. The molecule has 2 heterocycles. The number of benzene rings is 1. The van der Waals surface area contributed by atoms with Gasteiger partial charge in [-0.15, -0.1) is 5.10 Å². The predicted octanol–water partition coefficient (Wildman–Crippen LogP) is 2.56. The minimum absolute atomic E-state index is 0.0238. The molecular weight excluding hydrogens is 396 g/mol. The molecule has 1 aromatic carbocycles. The molecule has 1 aliphatic heterocycles. The Labute approximate surface area is 182 Å². The Bertz CT molecular complexity index is 865. The first-order valence-electron chi connectivity index (χ1n) is 11.3. The second kappa shape index (κ2) is 10.2. The number of hydrogen-bond donors (Lipinski definition) is 2. The maximum Gasteiger partial charge on any atom is 0.223 e. The van der Waals surface area contributed by atoms with Crippen molar-refractivity contribution in [1.29, 1.82) is 0 Å². The number of nitrogens with one attached hydrogen (secondary N) is 1. The molecule has 1 saturated carbocycles. The normalized spacial score (nSPS) is 24.3. The maximum absolute atomic E-state index is 12.5. The van der Waals surface area contributed by atoms with Gasteiger partial charge in [0.25, 0.3) is 0 Å². The lowest BCUT2D eigenvalue weighted by Crippen LogP contribution is -2.52. The Kier molecular flexibility index (Phi) is 7.19. The second-order valence-electron chi connectivity index (χ2n) is 8.51. The zero-order valence-corrected chi connectivity index (χ0v) is 18.1. The molecule has 2 fully saturated rings. The van der Waals surface area contributed by atoms with Crippen molar-refractivity contribution >= 4 is 5.91 Å². The summed E-state index contributed by atoms with van der Waals surface area (Å²) < 4.78 is 13.3. The number of nitrogens with zero attached hydrogens (tertiary/aromatic N) is 3. The molecule has 4 rings (SSSR count). The number of aliphatic hydroxyl groups excluding tert-OH is 1. The Morgan fingerprint density at radius 3 is 2.84 bits per heavy atom. The summed E-state index contributed by atoms with van der Waals surface area (Å²) in [4.78, 5) is 12.5. The van der Waals surface area contributed by atoms with Gasteiger partial charge in [-0.2, -0.15) is 0 Å². The van der Waals surface area contributed by atoms with Crippen molar-refractivity contribution in [3.8, 4) is 17.0 Å². The first-order chi connectivity index (χ1) is 15.2. The van der Waals surface area contributed by atoms with Crippen LogP contribution in [0.4, 0.5) is 0 Å². The monoisotopic (exact) mass is 428 g/mol. The zero-order valence-electron chi connectivity index (χ0n) is 18.1. The molecule has 8 nitrogen and oxygen atoms in total. The Morgan fingerprint density at radius 1 is 1.26 bits per heavy atom. The van der Waals surface area contributed by atoms with E-state index in [1.807, 2.05) is 35.1 Å². The molecule has 8 heteroatoms. The molecule has 1 amide bonds. The van der Waals surface area contributed by atoms with Crippen molar-refractivity contribution < 1.29 is 19.4 Å². The Morgan fingerprint density at radius 2 is 2.06 bits per heavy atom. The minimum Gasteiger partial charge on any atom is -0.496 e. The Hall–Kier alpha value is -2.45. The summed E-state index contributed by atoms with van der Waals surface area (Å²) in [5, 5.41) is 21.4. The SMILES string of the molecule is COc1ccccc1-c1cn(CC[C@H]2CC[C@H](NC(=O)C3CCCC3)[C@H](CO)O2)nn1. The van der Waals surface area contributed by atoms with Crippen LogP contribution in [0.3, 0.4) is 0 Å². The molecule has 3 atom stereocenters. The van der Waals surface area contributed by atoms with Gasteiger partial charge in [0.05, 0.1) is 32.1 Å². The lowest BCUT2D eigenvalue weighted by molar-refractivity contribution is -0.132. The predicted molar refractivity (Wildman–Crippen MR) is 115 cm³/mol. The van der Waals surface area contributed by atoms with Crippen LogP contribution in [0, 0.1) is 5.92 Å². The summed E-state index contributed by atoms with van der Waals surface area (Å²) in [5.41, 5.74) is 1.68. The number of rotatable bonds is 8. The number of ether oxygens (including phenoxy) is 2. The van der Waals surface area contributed by atoms with Crippen LogP contribution >= 0.6 is 0 Å². The first-order valence-corrected chi connectivity index (χ1v) is 11.3. The number of carbonyl (C=O) groups is 1. The van der Waals surface area contributed by atoms with E-state index in [1.165, 1.54) is 0 Å². The fourth-order valence-electron chi connectivity index (χ4n) is 4.66. The first kappa shape index (κ1) is 21.8. The van der Waals surface area contributed by atoms with E-state index in [0.717, 1.165) is 62.0 Å². The van der Waals surface area contributed by atoms with Crippen molar-refractivity contribution in [2.45, 2.75) is 69.7 Å². The topological polar surface area (TPSA) is 98.5 Å². The lowest BCUT2D eigenvalue weighted by atomic mass is 9.96. The van der Waals surface area contributed by atoms with E-state index < -0.39 is 0 Å². The van der Waals surface area contributed by atoms with E-state index in [1.54, 1.807) is 7.11 Å².